The van der Waals surface area contributed by atoms with Crippen LogP contribution in [0.25, 0.3) is 0 Å². The van der Waals surface area contributed by atoms with Crippen LogP contribution in [0.5, 0.6) is 0 Å². The Balaban J connectivity index is 2.44. The molecule has 1 atom stereocenters. The van der Waals surface area contributed by atoms with Crippen molar-refractivity contribution in [1.29, 1.82) is 0 Å². The molecular weight excluding hydrogens is 196 g/mol. The second-order valence-corrected chi connectivity index (χ2v) is 4.11. The predicted molar refractivity (Wildman–Crippen MR) is 55.5 cm³/mol. The molecule has 1 aliphatic heterocycles. The molecule has 5 nitrogen and oxygen atoms in total. The van der Waals surface area contributed by atoms with E-state index >= 15 is 0 Å². The lowest BCUT2D eigenvalue weighted by Crippen LogP contribution is -2.34. The molecule has 0 radical (unpaired) electrons. The molecule has 5 heteroatoms. The van der Waals surface area contributed by atoms with Gasteiger partial charge >= 0.3 is 5.97 Å². The Morgan fingerprint density at radius 3 is 2.73 bits per heavy atom. The van der Waals surface area contributed by atoms with E-state index in [1.54, 1.807) is 18.9 Å². The van der Waals surface area contributed by atoms with E-state index in [-0.39, 0.29) is 11.8 Å². The molecule has 0 spiro atoms. The number of rotatable bonds is 3. The molecule has 1 rings (SSSR count). The molecule has 0 aromatic heterocycles. The molecule has 1 amide bonds. The third kappa shape index (κ3) is 3.51. The number of hydrogen-bond acceptors (Lipinski definition) is 3. The van der Waals surface area contributed by atoms with Crippen LogP contribution in [0.2, 0.25) is 0 Å². The Hall–Kier alpha value is -1.10. The summed E-state index contributed by atoms with van der Waals surface area (Å²) in [6.07, 6.45) is 0.489. The van der Waals surface area contributed by atoms with Crippen molar-refractivity contribution in [1.82, 2.24) is 9.80 Å². The van der Waals surface area contributed by atoms with Crippen LogP contribution >= 0.6 is 0 Å². The van der Waals surface area contributed by atoms with Crippen LogP contribution in [-0.2, 0) is 9.59 Å². The van der Waals surface area contributed by atoms with Gasteiger partial charge in [-0.2, -0.15) is 0 Å². The maximum atomic E-state index is 11.4. The van der Waals surface area contributed by atoms with E-state index in [0.717, 1.165) is 6.54 Å². The van der Waals surface area contributed by atoms with Gasteiger partial charge in [0.2, 0.25) is 5.91 Å². The first-order valence-electron chi connectivity index (χ1n) is 5.20. The zero-order valence-electron chi connectivity index (χ0n) is 9.27. The van der Waals surface area contributed by atoms with Crippen molar-refractivity contribution in [3.8, 4) is 0 Å². The quantitative estimate of drug-likeness (QED) is 0.711. The van der Waals surface area contributed by atoms with E-state index < -0.39 is 5.97 Å². The summed E-state index contributed by atoms with van der Waals surface area (Å²) >= 11 is 0. The number of carbonyl (C=O) groups excluding carboxylic acids is 1. The van der Waals surface area contributed by atoms with Crippen LogP contribution in [0, 0.1) is 5.92 Å². The second kappa shape index (κ2) is 5.11. The van der Waals surface area contributed by atoms with E-state index in [9.17, 15) is 9.59 Å². The molecule has 1 heterocycles. The lowest BCUT2D eigenvalue weighted by atomic mass is 10.1. The molecule has 0 bridgehead atoms. The van der Waals surface area contributed by atoms with Gasteiger partial charge in [0.25, 0.3) is 0 Å². The summed E-state index contributed by atoms with van der Waals surface area (Å²) < 4.78 is 0. The van der Waals surface area contributed by atoms with Gasteiger partial charge in [0, 0.05) is 39.6 Å². The minimum absolute atomic E-state index is 0.139. The lowest BCUT2D eigenvalue weighted by molar-refractivity contribution is -0.141. The molecule has 0 saturated carbocycles. The van der Waals surface area contributed by atoms with Crippen molar-refractivity contribution in [3.05, 3.63) is 0 Å². The van der Waals surface area contributed by atoms with Crippen molar-refractivity contribution >= 4 is 11.9 Å². The fourth-order valence-electron chi connectivity index (χ4n) is 1.62. The Labute approximate surface area is 89.7 Å². The van der Waals surface area contributed by atoms with Crippen LogP contribution < -0.4 is 0 Å². The van der Waals surface area contributed by atoms with Gasteiger partial charge in [0.05, 0.1) is 5.92 Å². The van der Waals surface area contributed by atoms with Gasteiger partial charge in [0.1, 0.15) is 0 Å². The van der Waals surface area contributed by atoms with Crippen molar-refractivity contribution in [3.63, 3.8) is 0 Å². The van der Waals surface area contributed by atoms with E-state index in [1.165, 1.54) is 0 Å². The summed E-state index contributed by atoms with van der Waals surface area (Å²) in [6, 6.07) is 0. The minimum Gasteiger partial charge on any atom is -0.481 e. The Morgan fingerprint density at radius 1 is 1.47 bits per heavy atom. The SMILES string of the molecule is CC(CN1CCC(=O)N(C)CC1)C(=O)O. The summed E-state index contributed by atoms with van der Waals surface area (Å²) in [5.74, 6) is -1.01. The number of hydrogen-bond donors (Lipinski definition) is 1. The van der Waals surface area contributed by atoms with Gasteiger partial charge in [-0.25, -0.2) is 0 Å². The first-order valence-corrected chi connectivity index (χ1v) is 5.20. The number of amides is 1. The van der Waals surface area contributed by atoms with Crippen molar-refractivity contribution < 1.29 is 14.7 Å². The highest BCUT2D eigenvalue weighted by atomic mass is 16.4. The molecule has 0 aromatic rings. The summed E-state index contributed by atoms with van der Waals surface area (Å²) in [6.45, 7) is 4.33. The molecule has 1 unspecified atom stereocenters. The highest BCUT2D eigenvalue weighted by Gasteiger charge is 2.21. The zero-order valence-corrected chi connectivity index (χ0v) is 9.27. The summed E-state index contributed by atoms with van der Waals surface area (Å²) in [4.78, 5) is 25.8. The molecule has 1 aliphatic rings. The molecule has 1 fully saturated rings. The van der Waals surface area contributed by atoms with Gasteiger partial charge in [-0.05, 0) is 0 Å². The van der Waals surface area contributed by atoms with Crippen LogP contribution in [0.4, 0.5) is 0 Å². The normalized spacial score (nSPS) is 21.2. The average Bonchev–Trinajstić information content (AvgIpc) is 2.33. The number of carboxylic acid groups (broad SMARTS) is 1. The summed E-state index contributed by atoms with van der Waals surface area (Å²) in [7, 11) is 1.78. The maximum Gasteiger partial charge on any atom is 0.307 e. The van der Waals surface area contributed by atoms with Crippen LogP contribution in [0.1, 0.15) is 13.3 Å². The van der Waals surface area contributed by atoms with E-state index in [2.05, 4.69) is 0 Å². The second-order valence-electron chi connectivity index (χ2n) is 4.11. The molecule has 86 valence electrons. The Bertz CT molecular complexity index is 255. The first-order chi connectivity index (χ1) is 7.00. The third-order valence-corrected chi connectivity index (χ3v) is 2.77. The number of likely N-dealkylation sites (N-methyl/N-ethyl adjacent to an activating group) is 1. The number of carbonyl (C=O) groups is 2. The Kier molecular flexibility index (Phi) is 4.08. The van der Waals surface area contributed by atoms with Crippen molar-refractivity contribution in [2.24, 2.45) is 5.92 Å². The average molecular weight is 214 g/mol. The first kappa shape index (κ1) is 12.0. The topological polar surface area (TPSA) is 60.9 Å². The highest BCUT2D eigenvalue weighted by molar-refractivity contribution is 5.76. The summed E-state index contributed by atoms with van der Waals surface area (Å²) in [5.41, 5.74) is 0. The monoisotopic (exact) mass is 214 g/mol. The van der Waals surface area contributed by atoms with E-state index in [1.807, 2.05) is 4.90 Å². The molecule has 1 N–H and O–H groups in total. The number of aliphatic carboxylic acids is 1. The van der Waals surface area contributed by atoms with Gasteiger partial charge in [0.15, 0.2) is 0 Å². The lowest BCUT2D eigenvalue weighted by Gasteiger charge is -2.21. The third-order valence-electron chi connectivity index (χ3n) is 2.77. The molecule has 0 aliphatic carbocycles. The molecule has 1 saturated heterocycles. The Morgan fingerprint density at radius 2 is 2.13 bits per heavy atom. The van der Waals surface area contributed by atoms with Crippen LogP contribution in [-0.4, -0.2) is 60.0 Å². The predicted octanol–water partition coefficient (Wildman–Crippen LogP) is -0.129. The van der Waals surface area contributed by atoms with Gasteiger partial charge in [-0.1, -0.05) is 6.92 Å². The number of nitrogens with zero attached hydrogens (tertiary/aromatic N) is 2. The van der Waals surface area contributed by atoms with Crippen molar-refractivity contribution in [2.75, 3.05) is 33.2 Å². The molecule has 15 heavy (non-hydrogen) atoms. The number of carboxylic acids is 1. The van der Waals surface area contributed by atoms with E-state index in [4.69, 9.17) is 5.11 Å². The smallest absolute Gasteiger partial charge is 0.307 e. The fraction of sp³-hybridized carbons (Fsp3) is 0.800. The van der Waals surface area contributed by atoms with Gasteiger partial charge in [-0.3, -0.25) is 9.59 Å². The largest absolute Gasteiger partial charge is 0.481 e. The van der Waals surface area contributed by atoms with E-state index in [0.29, 0.717) is 26.1 Å². The summed E-state index contributed by atoms with van der Waals surface area (Å²) in [5, 5.41) is 8.78. The standard InChI is InChI=1S/C10H18N2O3/c1-8(10(14)15)7-12-4-3-9(13)11(2)5-6-12/h8H,3-7H2,1-2H3,(H,14,15). The van der Waals surface area contributed by atoms with Crippen LogP contribution in [0.15, 0.2) is 0 Å². The molecular formula is C10H18N2O3. The van der Waals surface area contributed by atoms with Gasteiger partial charge < -0.3 is 14.9 Å². The fourth-order valence-corrected chi connectivity index (χ4v) is 1.62. The van der Waals surface area contributed by atoms with Gasteiger partial charge in [-0.15, -0.1) is 0 Å². The van der Waals surface area contributed by atoms with Crippen molar-refractivity contribution in [2.45, 2.75) is 13.3 Å². The minimum atomic E-state index is -0.779. The molecule has 0 aromatic carbocycles. The zero-order chi connectivity index (χ0) is 11.4. The maximum absolute atomic E-state index is 11.4. The highest BCUT2D eigenvalue weighted by Crippen LogP contribution is 2.06. The van der Waals surface area contributed by atoms with Crippen LogP contribution in [0.3, 0.4) is 0 Å².